The van der Waals surface area contributed by atoms with Gasteiger partial charge in [-0.3, -0.25) is 9.88 Å². The SMILES string of the molecule is Cc1cn2cc(-c3cc4ccc(N5CCN(C6CCC6)[C@@H](C)C5)cc4c(=O)o3)nc2c(C)n1. The third kappa shape index (κ3) is 3.51. The largest absolute Gasteiger partial charge is 0.421 e. The summed E-state index contributed by atoms with van der Waals surface area (Å²) in [5.74, 6) is 0.476. The topological polar surface area (TPSA) is 66.9 Å². The highest BCUT2D eigenvalue weighted by Crippen LogP contribution is 2.31. The summed E-state index contributed by atoms with van der Waals surface area (Å²) in [6.45, 7) is 9.26. The maximum absolute atomic E-state index is 13.0. The summed E-state index contributed by atoms with van der Waals surface area (Å²) < 4.78 is 7.67. The van der Waals surface area contributed by atoms with Gasteiger partial charge in [-0.25, -0.2) is 9.78 Å². The van der Waals surface area contributed by atoms with Crippen LogP contribution in [0.4, 0.5) is 5.69 Å². The van der Waals surface area contributed by atoms with E-state index in [1.54, 1.807) is 0 Å². The molecule has 1 aliphatic carbocycles. The smallest absolute Gasteiger partial charge is 0.344 e. The highest BCUT2D eigenvalue weighted by molar-refractivity contribution is 5.87. The Hall–Kier alpha value is -3.19. The van der Waals surface area contributed by atoms with E-state index in [1.807, 2.05) is 48.8 Å². The maximum Gasteiger partial charge on any atom is 0.344 e. The third-order valence-corrected chi connectivity index (χ3v) is 7.31. The van der Waals surface area contributed by atoms with E-state index >= 15 is 0 Å². The standard InChI is InChI=1S/C26H29N5O2/c1-16-13-30-15-23(28-25(30)18(3)27-16)24-11-19-7-8-21(12-22(19)26(32)33-24)29-9-10-31(17(2)14-29)20-5-4-6-20/h7-8,11-13,15,17,20H,4-6,9-10,14H2,1-3H3/t17-/m0/s1. The van der Waals surface area contributed by atoms with Crippen molar-refractivity contribution in [3.8, 4) is 11.5 Å². The van der Waals surface area contributed by atoms with Gasteiger partial charge in [0.25, 0.3) is 0 Å². The van der Waals surface area contributed by atoms with Crippen molar-refractivity contribution in [2.75, 3.05) is 24.5 Å². The molecular weight excluding hydrogens is 414 g/mol. The molecule has 7 nitrogen and oxygen atoms in total. The van der Waals surface area contributed by atoms with E-state index in [0.717, 1.165) is 53.8 Å². The van der Waals surface area contributed by atoms with Crippen LogP contribution in [0.5, 0.6) is 0 Å². The summed E-state index contributed by atoms with van der Waals surface area (Å²) in [5, 5.41) is 1.48. The number of aromatic nitrogens is 3. The van der Waals surface area contributed by atoms with Gasteiger partial charge in [-0.1, -0.05) is 12.5 Å². The molecule has 1 atom stereocenters. The fourth-order valence-electron chi connectivity index (χ4n) is 5.39. The van der Waals surface area contributed by atoms with Crippen molar-refractivity contribution in [1.82, 2.24) is 19.3 Å². The Morgan fingerprint density at radius 1 is 1.06 bits per heavy atom. The lowest BCUT2D eigenvalue weighted by Crippen LogP contribution is -2.57. The first-order valence-electron chi connectivity index (χ1n) is 11.9. The predicted molar refractivity (Wildman–Crippen MR) is 130 cm³/mol. The molecule has 2 fully saturated rings. The van der Waals surface area contributed by atoms with Gasteiger partial charge < -0.3 is 13.7 Å². The molecule has 0 unspecified atom stereocenters. The first kappa shape index (κ1) is 20.4. The van der Waals surface area contributed by atoms with Gasteiger partial charge >= 0.3 is 5.63 Å². The molecule has 170 valence electrons. The summed E-state index contributed by atoms with van der Waals surface area (Å²) in [7, 11) is 0. The lowest BCUT2D eigenvalue weighted by Gasteiger charge is -2.47. The molecule has 3 aromatic heterocycles. The van der Waals surface area contributed by atoms with Crippen molar-refractivity contribution in [2.24, 2.45) is 0 Å². The van der Waals surface area contributed by atoms with Gasteiger partial charge in [-0.2, -0.15) is 0 Å². The van der Waals surface area contributed by atoms with E-state index < -0.39 is 0 Å². The third-order valence-electron chi connectivity index (χ3n) is 7.31. The number of benzene rings is 1. The molecule has 33 heavy (non-hydrogen) atoms. The number of piperazine rings is 1. The zero-order valence-corrected chi connectivity index (χ0v) is 19.4. The molecule has 7 heteroatoms. The van der Waals surface area contributed by atoms with E-state index in [2.05, 4.69) is 32.8 Å². The van der Waals surface area contributed by atoms with Gasteiger partial charge in [0.1, 0.15) is 5.69 Å². The zero-order valence-electron chi connectivity index (χ0n) is 19.4. The van der Waals surface area contributed by atoms with E-state index in [1.165, 1.54) is 19.3 Å². The van der Waals surface area contributed by atoms with Crippen molar-refractivity contribution in [1.29, 1.82) is 0 Å². The summed E-state index contributed by atoms with van der Waals surface area (Å²) >= 11 is 0. The van der Waals surface area contributed by atoms with Crippen LogP contribution in [0.1, 0.15) is 37.6 Å². The van der Waals surface area contributed by atoms with Gasteiger partial charge in [0.15, 0.2) is 11.4 Å². The molecule has 2 aliphatic rings. The van der Waals surface area contributed by atoms with E-state index in [4.69, 9.17) is 4.42 Å². The maximum atomic E-state index is 13.0. The lowest BCUT2D eigenvalue weighted by atomic mass is 9.89. The Kier molecular flexibility index (Phi) is 4.76. The van der Waals surface area contributed by atoms with E-state index in [9.17, 15) is 4.79 Å². The molecule has 0 N–H and O–H groups in total. The lowest BCUT2D eigenvalue weighted by molar-refractivity contribution is 0.0775. The second-order valence-corrected chi connectivity index (χ2v) is 9.61. The molecule has 0 amide bonds. The number of imidazole rings is 1. The Morgan fingerprint density at radius 3 is 2.67 bits per heavy atom. The van der Waals surface area contributed by atoms with Gasteiger partial charge in [0.2, 0.25) is 0 Å². The summed E-state index contributed by atoms with van der Waals surface area (Å²) in [6.07, 6.45) is 7.86. The van der Waals surface area contributed by atoms with Gasteiger partial charge in [-0.05, 0) is 57.2 Å². The molecule has 0 radical (unpaired) electrons. The fourth-order valence-corrected chi connectivity index (χ4v) is 5.39. The number of aryl methyl sites for hydroxylation is 2. The summed E-state index contributed by atoms with van der Waals surface area (Å²) in [4.78, 5) is 27.1. The van der Waals surface area contributed by atoms with Crippen molar-refractivity contribution in [3.05, 3.63) is 58.5 Å². The van der Waals surface area contributed by atoms with Crippen LogP contribution < -0.4 is 10.5 Å². The van der Waals surface area contributed by atoms with Crippen LogP contribution >= 0.6 is 0 Å². The van der Waals surface area contributed by atoms with Crippen LogP contribution in [-0.4, -0.2) is 51.0 Å². The minimum atomic E-state index is -0.325. The predicted octanol–water partition coefficient (Wildman–Crippen LogP) is 4.18. The van der Waals surface area contributed by atoms with Crippen LogP contribution in [-0.2, 0) is 0 Å². The molecule has 4 heterocycles. The summed E-state index contributed by atoms with van der Waals surface area (Å²) in [6, 6.07) is 9.34. The molecule has 1 aliphatic heterocycles. The number of fused-ring (bicyclic) bond motifs is 2. The molecule has 0 bridgehead atoms. The van der Waals surface area contributed by atoms with Crippen molar-refractivity contribution in [2.45, 2.75) is 52.1 Å². The highest BCUT2D eigenvalue weighted by Gasteiger charge is 2.32. The second kappa shape index (κ2) is 7.70. The van der Waals surface area contributed by atoms with Gasteiger partial charge in [0, 0.05) is 49.8 Å². The van der Waals surface area contributed by atoms with Crippen molar-refractivity contribution in [3.63, 3.8) is 0 Å². The van der Waals surface area contributed by atoms with E-state index in [-0.39, 0.29) is 5.63 Å². The van der Waals surface area contributed by atoms with Crippen molar-refractivity contribution >= 4 is 22.1 Å². The second-order valence-electron chi connectivity index (χ2n) is 9.61. The van der Waals surface area contributed by atoms with Crippen LogP contribution in [0.2, 0.25) is 0 Å². The average Bonchev–Trinajstić information content (AvgIpc) is 3.18. The first-order chi connectivity index (χ1) is 16.0. The molecule has 6 rings (SSSR count). The zero-order chi connectivity index (χ0) is 22.7. The van der Waals surface area contributed by atoms with E-state index in [0.29, 0.717) is 22.9 Å². The van der Waals surface area contributed by atoms with Gasteiger partial charge in [0.05, 0.1) is 16.8 Å². The minimum absolute atomic E-state index is 0.325. The normalized spacial score (nSPS) is 20.0. The highest BCUT2D eigenvalue weighted by atomic mass is 16.4. The number of rotatable bonds is 3. The number of hydrogen-bond acceptors (Lipinski definition) is 6. The van der Waals surface area contributed by atoms with Crippen LogP contribution in [0.3, 0.4) is 0 Å². The minimum Gasteiger partial charge on any atom is -0.421 e. The van der Waals surface area contributed by atoms with Crippen molar-refractivity contribution < 1.29 is 4.42 Å². The first-order valence-corrected chi connectivity index (χ1v) is 11.9. The molecule has 1 saturated carbocycles. The van der Waals surface area contributed by atoms with Crippen LogP contribution in [0.25, 0.3) is 27.9 Å². The Labute approximate surface area is 192 Å². The quantitative estimate of drug-likeness (QED) is 0.473. The molecule has 1 aromatic carbocycles. The number of hydrogen-bond donors (Lipinski definition) is 0. The fraction of sp³-hybridized carbons (Fsp3) is 0.423. The molecule has 4 aromatic rings. The number of anilines is 1. The van der Waals surface area contributed by atoms with Crippen LogP contribution in [0.15, 0.2) is 45.9 Å². The average molecular weight is 444 g/mol. The van der Waals surface area contributed by atoms with Crippen LogP contribution in [0, 0.1) is 13.8 Å². The Balaban J connectivity index is 1.31. The number of nitrogens with zero attached hydrogens (tertiary/aromatic N) is 5. The van der Waals surface area contributed by atoms with Gasteiger partial charge in [-0.15, -0.1) is 0 Å². The monoisotopic (exact) mass is 443 g/mol. The molecular formula is C26H29N5O2. The summed E-state index contributed by atoms with van der Waals surface area (Å²) in [5.41, 5.74) is 3.93. The Bertz CT molecular complexity index is 1420. The molecule has 0 spiro atoms. The molecule has 1 saturated heterocycles. The Morgan fingerprint density at radius 2 is 1.91 bits per heavy atom.